The minimum atomic E-state index is -0.144. The molecule has 6 heteroatoms. The van der Waals surface area contributed by atoms with Gasteiger partial charge in [0, 0.05) is 29.4 Å². The van der Waals surface area contributed by atoms with Crippen molar-refractivity contribution in [2.24, 2.45) is 0 Å². The molecule has 5 nitrogen and oxygen atoms in total. The Morgan fingerprint density at radius 3 is 2.96 bits per heavy atom. The van der Waals surface area contributed by atoms with Crippen molar-refractivity contribution in [2.75, 3.05) is 18.4 Å². The number of hydrogen-bond donors (Lipinski definition) is 2. The van der Waals surface area contributed by atoms with Crippen LogP contribution in [0.3, 0.4) is 0 Å². The molecule has 2 N–H and O–H groups in total. The van der Waals surface area contributed by atoms with Gasteiger partial charge >= 0.3 is 0 Å². The molecule has 1 aliphatic heterocycles. The molecule has 0 bridgehead atoms. The summed E-state index contributed by atoms with van der Waals surface area (Å²) >= 11 is 1.82. The molecule has 25 heavy (non-hydrogen) atoms. The minimum Gasteiger partial charge on any atom is -0.388 e. The Balaban J connectivity index is 1.52. The number of hydrogen-bond acceptors (Lipinski definition) is 6. The Labute approximate surface area is 151 Å². The molecule has 1 aliphatic rings. The third-order valence-electron chi connectivity index (χ3n) is 4.60. The number of benzene rings is 1. The van der Waals surface area contributed by atoms with Gasteiger partial charge in [0.05, 0.1) is 5.52 Å². The molecule has 3 heterocycles. The standard InChI is InChI=1S/C19H22N4OS/c24-13-18-21-17-8-2-1-7-16(17)19(22-18)20-14-5-3-9-23(11-14)12-15-6-4-10-25-15/h1-2,4,6-8,10,14,24H,3,5,9,11-13H2,(H,20,21,22)/t14-/m1/s1. The molecule has 0 radical (unpaired) electrons. The molecule has 130 valence electrons. The highest BCUT2D eigenvalue weighted by Crippen LogP contribution is 2.24. The number of piperidine rings is 1. The fourth-order valence-corrected chi connectivity index (χ4v) is 4.18. The third kappa shape index (κ3) is 3.81. The molecule has 2 aromatic heterocycles. The minimum absolute atomic E-state index is 0.144. The first-order valence-corrected chi connectivity index (χ1v) is 9.57. The summed E-state index contributed by atoms with van der Waals surface area (Å²) in [5, 5.41) is 16.2. The molecule has 1 fully saturated rings. The van der Waals surface area contributed by atoms with Crippen LogP contribution in [-0.2, 0) is 13.2 Å². The number of para-hydroxylation sites is 1. The number of rotatable bonds is 5. The van der Waals surface area contributed by atoms with Gasteiger partial charge in [0.2, 0.25) is 0 Å². The van der Waals surface area contributed by atoms with Gasteiger partial charge in [-0.1, -0.05) is 18.2 Å². The summed E-state index contributed by atoms with van der Waals surface area (Å²) in [5.74, 6) is 1.30. The zero-order chi connectivity index (χ0) is 17.1. The molecule has 0 amide bonds. The lowest BCUT2D eigenvalue weighted by atomic mass is 10.1. The molecule has 0 saturated carbocycles. The van der Waals surface area contributed by atoms with E-state index in [2.05, 4.69) is 37.7 Å². The smallest absolute Gasteiger partial charge is 0.156 e. The number of likely N-dealkylation sites (tertiary alicyclic amines) is 1. The molecule has 1 aromatic carbocycles. The number of aliphatic hydroxyl groups excluding tert-OH is 1. The van der Waals surface area contributed by atoms with Gasteiger partial charge in [0.15, 0.2) is 5.82 Å². The van der Waals surface area contributed by atoms with Crippen LogP contribution in [0.1, 0.15) is 23.5 Å². The van der Waals surface area contributed by atoms with Gasteiger partial charge in [-0.15, -0.1) is 11.3 Å². The molecule has 3 aromatic rings. The first-order valence-electron chi connectivity index (χ1n) is 8.69. The molecule has 0 spiro atoms. The Morgan fingerprint density at radius 1 is 1.20 bits per heavy atom. The summed E-state index contributed by atoms with van der Waals surface area (Å²) in [6.07, 6.45) is 2.31. The number of fused-ring (bicyclic) bond motifs is 1. The van der Waals surface area contributed by atoms with E-state index < -0.39 is 0 Å². The van der Waals surface area contributed by atoms with E-state index in [9.17, 15) is 5.11 Å². The summed E-state index contributed by atoms with van der Waals surface area (Å²) in [7, 11) is 0. The highest BCUT2D eigenvalue weighted by atomic mass is 32.1. The third-order valence-corrected chi connectivity index (χ3v) is 5.46. The zero-order valence-corrected chi connectivity index (χ0v) is 14.9. The highest BCUT2D eigenvalue weighted by Gasteiger charge is 2.21. The van der Waals surface area contributed by atoms with Crippen molar-refractivity contribution in [2.45, 2.75) is 32.0 Å². The molecule has 0 unspecified atom stereocenters. The van der Waals surface area contributed by atoms with E-state index in [1.807, 2.05) is 35.6 Å². The number of aliphatic hydroxyl groups is 1. The topological polar surface area (TPSA) is 61.3 Å². The maximum atomic E-state index is 9.45. The average molecular weight is 354 g/mol. The fraction of sp³-hybridized carbons (Fsp3) is 0.368. The van der Waals surface area contributed by atoms with Crippen molar-refractivity contribution in [1.29, 1.82) is 0 Å². The van der Waals surface area contributed by atoms with E-state index in [-0.39, 0.29) is 6.61 Å². The Morgan fingerprint density at radius 2 is 2.12 bits per heavy atom. The second-order valence-corrected chi connectivity index (χ2v) is 7.49. The van der Waals surface area contributed by atoms with Gasteiger partial charge in [-0.2, -0.15) is 0 Å². The van der Waals surface area contributed by atoms with Crippen molar-refractivity contribution < 1.29 is 5.11 Å². The number of aromatic nitrogens is 2. The summed E-state index contributed by atoms with van der Waals surface area (Å²) in [6, 6.07) is 12.6. The van der Waals surface area contributed by atoms with E-state index in [4.69, 9.17) is 0 Å². The van der Waals surface area contributed by atoms with Crippen LogP contribution in [0.2, 0.25) is 0 Å². The van der Waals surface area contributed by atoms with Gasteiger partial charge in [0.25, 0.3) is 0 Å². The second kappa shape index (κ2) is 7.47. The van der Waals surface area contributed by atoms with Crippen LogP contribution in [0.15, 0.2) is 41.8 Å². The van der Waals surface area contributed by atoms with Gasteiger partial charge in [-0.25, -0.2) is 9.97 Å². The molecular weight excluding hydrogens is 332 g/mol. The number of nitrogens with zero attached hydrogens (tertiary/aromatic N) is 3. The molecular formula is C19H22N4OS. The van der Waals surface area contributed by atoms with E-state index in [1.165, 1.54) is 11.3 Å². The normalized spacial score (nSPS) is 18.5. The van der Waals surface area contributed by atoms with Crippen LogP contribution in [-0.4, -0.2) is 39.1 Å². The summed E-state index contributed by atoms with van der Waals surface area (Å²) in [4.78, 5) is 12.8. The zero-order valence-electron chi connectivity index (χ0n) is 14.1. The van der Waals surface area contributed by atoms with Crippen LogP contribution in [0.25, 0.3) is 10.9 Å². The lowest BCUT2D eigenvalue weighted by molar-refractivity contribution is 0.210. The van der Waals surface area contributed by atoms with Crippen molar-refractivity contribution >= 4 is 28.1 Å². The van der Waals surface area contributed by atoms with E-state index in [1.54, 1.807) is 0 Å². The maximum absolute atomic E-state index is 9.45. The molecule has 0 aliphatic carbocycles. The summed E-state index contributed by atoms with van der Waals surface area (Å²) in [6.45, 7) is 3.02. The van der Waals surface area contributed by atoms with Gasteiger partial charge in [-0.05, 0) is 43.0 Å². The van der Waals surface area contributed by atoms with E-state index in [0.29, 0.717) is 11.9 Å². The number of nitrogens with one attached hydrogen (secondary N) is 1. The molecule has 1 atom stereocenters. The lowest BCUT2D eigenvalue weighted by Crippen LogP contribution is -2.41. The van der Waals surface area contributed by atoms with Crippen molar-refractivity contribution in [3.05, 3.63) is 52.5 Å². The van der Waals surface area contributed by atoms with Crippen LogP contribution >= 0.6 is 11.3 Å². The number of anilines is 1. The molecule has 4 rings (SSSR count). The Bertz CT molecular complexity index is 837. The predicted molar refractivity (Wildman–Crippen MR) is 102 cm³/mol. The summed E-state index contributed by atoms with van der Waals surface area (Å²) < 4.78 is 0. The van der Waals surface area contributed by atoms with Crippen molar-refractivity contribution in [3.8, 4) is 0 Å². The fourth-order valence-electron chi connectivity index (χ4n) is 3.44. The molecule has 1 saturated heterocycles. The average Bonchev–Trinajstić information content (AvgIpc) is 3.15. The van der Waals surface area contributed by atoms with Crippen LogP contribution < -0.4 is 5.32 Å². The maximum Gasteiger partial charge on any atom is 0.156 e. The second-order valence-electron chi connectivity index (χ2n) is 6.46. The lowest BCUT2D eigenvalue weighted by Gasteiger charge is -2.33. The monoisotopic (exact) mass is 354 g/mol. The van der Waals surface area contributed by atoms with Gasteiger partial charge in [-0.3, -0.25) is 4.90 Å². The first kappa shape index (κ1) is 16.4. The summed E-state index contributed by atoms with van der Waals surface area (Å²) in [5.41, 5.74) is 0.871. The predicted octanol–water partition coefficient (Wildman–Crippen LogP) is 3.26. The van der Waals surface area contributed by atoms with Gasteiger partial charge < -0.3 is 10.4 Å². The van der Waals surface area contributed by atoms with Gasteiger partial charge in [0.1, 0.15) is 12.4 Å². The van der Waals surface area contributed by atoms with Crippen LogP contribution in [0.5, 0.6) is 0 Å². The quantitative estimate of drug-likeness (QED) is 0.736. The van der Waals surface area contributed by atoms with E-state index >= 15 is 0 Å². The van der Waals surface area contributed by atoms with Crippen LogP contribution in [0, 0.1) is 0 Å². The van der Waals surface area contributed by atoms with Crippen molar-refractivity contribution in [1.82, 2.24) is 14.9 Å². The SMILES string of the molecule is OCc1nc(N[C@@H]2CCCN(Cc3cccs3)C2)c2ccccc2n1. The van der Waals surface area contributed by atoms with E-state index in [0.717, 1.165) is 42.8 Å². The first-order chi connectivity index (χ1) is 12.3. The Kier molecular flexibility index (Phi) is 4.92. The largest absolute Gasteiger partial charge is 0.388 e. The highest BCUT2D eigenvalue weighted by molar-refractivity contribution is 7.09. The van der Waals surface area contributed by atoms with Crippen molar-refractivity contribution in [3.63, 3.8) is 0 Å². The Hall–Kier alpha value is -2.02. The number of thiophene rings is 1. The van der Waals surface area contributed by atoms with Crippen LogP contribution in [0.4, 0.5) is 5.82 Å².